The molecule has 0 rings (SSSR count). The van der Waals surface area contributed by atoms with Gasteiger partial charge in [0, 0.05) is 25.7 Å². The van der Waals surface area contributed by atoms with Crippen LogP contribution in [0.5, 0.6) is 0 Å². The second kappa shape index (κ2) is 55.9. The van der Waals surface area contributed by atoms with E-state index in [1.807, 2.05) is 0 Å². The van der Waals surface area contributed by atoms with Crippen molar-refractivity contribution in [3.8, 4) is 0 Å². The summed E-state index contributed by atoms with van der Waals surface area (Å²) in [5, 5.41) is 10.5. The van der Waals surface area contributed by atoms with Gasteiger partial charge in [0.1, 0.15) is 19.3 Å². The highest BCUT2D eigenvalue weighted by molar-refractivity contribution is 7.47. The van der Waals surface area contributed by atoms with Gasteiger partial charge in [-0.1, -0.05) is 259 Å². The van der Waals surface area contributed by atoms with Gasteiger partial charge < -0.3 is 33.8 Å². The lowest BCUT2D eigenvalue weighted by Crippen LogP contribution is -2.30. The van der Waals surface area contributed by atoms with Gasteiger partial charge in [-0.05, 0) is 31.6 Å². The molecule has 0 spiro atoms. The number of phosphoric ester groups is 2. The summed E-state index contributed by atoms with van der Waals surface area (Å²) >= 11 is 0. The zero-order valence-corrected chi connectivity index (χ0v) is 53.7. The first-order valence-corrected chi connectivity index (χ1v) is 35.6. The maximum Gasteiger partial charge on any atom is 0.472 e. The van der Waals surface area contributed by atoms with Crippen molar-refractivity contribution >= 4 is 39.5 Å². The molecule has 0 aliphatic rings. The average Bonchev–Trinajstić information content (AvgIpc) is 3.43. The van der Waals surface area contributed by atoms with Gasteiger partial charge in [-0.3, -0.25) is 37.3 Å². The fourth-order valence-corrected chi connectivity index (χ4v) is 10.8. The van der Waals surface area contributed by atoms with Crippen LogP contribution in [0.25, 0.3) is 0 Å². The molecule has 81 heavy (non-hydrogen) atoms. The topological polar surface area (TPSA) is 237 Å². The Morgan fingerprint density at radius 3 is 0.840 bits per heavy atom. The van der Waals surface area contributed by atoms with E-state index in [-0.39, 0.29) is 25.7 Å². The molecule has 0 radical (unpaired) electrons. The second-order valence-corrected chi connectivity index (χ2v) is 25.8. The molecule has 0 aliphatic heterocycles. The van der Waals surface area contributed by atoms with Gasteiger partial charge in [-0.25, -0.2) is 9.13 Å². The molecule has 3 N–H and O–H groups in total. The number of carbonyl (C=O) groups is 4. The molecule has 0 aromatic rings. The lowest BCUT2D eigenvalue weighted by molar-refractivity contribution is -0.161. The van der Waals surface area contributed by atoms with Crippen LogP contribution in [0.1, 0.15) is 311 Å². The lowest BCUT2D eigenvalue weighted by Gasteiger charge is -2.21. The highest BCUT2D eigenvalue weighted by Crippen LogP contribution is 2.45. The summed E-state index contributed by atoms with van der Waals surface area (Å²) in [5.74, 6) is -1.41. The third-order valence-corrected chi connectivity index (χ3v) is 16.2. The summed E-state index contributed by atoms with van der Waals surface area (Å²) in [6.07, 6.45) is 38.9. The fraction of sp³-hybridized carbons (Fsp3) is 0.935. The molecule has 0 saturated carbocycles. The Bertz CT molecular complexity index is 1580. The number of ether oxygens (including phenoxy) is 4. The monoisotopic (exact) mass is 1200 g/mol. The number of phosphoric acid groups is 2. The average molecular weight is 1200 g/mol. The molecule has 0 fully saturated rings. The summed E-state index contributed by atoms with van der Waals surface area (Å²) in [6.45, 7) is 7.11. The first-order chi connectivity index (χ1) is 39.0. The third kappa shape index (κ3) is 56.9. The van der Waals surface area contributed by atoms with E-state index in [9.17, 15) is 43.2 Å². The summed E-state index contributed by atoms with van der Waals surface area (Å²) in [5.41, 5.74) is 0. The van der Waals surface area contributed by atoms with Gasteiger partial charge in [0.05, 0.1) is 26.4 Å². The van der Waals surface area contributed by atoms with Crippen molar-refractivity contribution in [2.45, 2.75) is 329 Å². The summed E-state index contributed by atoms with van der Waals surface area (Å²) in [4.78, 5) is 72.0. The molecule has 2 unspecified atom stereocenters. The summed E-state index contributed by atoms with van der Waals surface area (Å²) in [6, 6.07) is 0. The Balaban J connectivity index is 5.23. The van der Waals surface area contributed by atoms with Crippen molar-refractivity contribution in [2.24, 2.45) is 5.92 Å². The van der Waals surface area contributed by atoms with Crippen LogP contribution in [-0.4, -0.2) is 96.7 Å². The van der Waals surface area contributed by atoms with Crippen molar-refractivity contribution in [3.05, 3.63) is 0 Å². The maximum atomic E-state index is 12.9. The van der Waals surface area contributed by atoms with E-state index >= 15 is 0 Å². The quantitative estimate of drug-likeness (QED) is 0.0222. The van der Waals surface area contributed by atoms with Crippen molar-refractivity contribution in [1.82, 2.24) is 0 Å². The predicted octanol–water partition coefficient (Wildman–Crippen LogP) is 17.0. The van der Waals surface area contributed by atoms with Gasteiger partial charge in [0.25, 0.3) is 0 Å². The molecule has 0 aliphatic carbocycles. The Labute approximate surface area is 492 Å². The first kappa shape index (κ1) is 79.1. The summed E-state index contributed by atoms with van der Waals surface area (Å²) < 4.78 is 67.8. The zero-order chi connectivity index (χ0) is 59.9. The minimum absolute atomic E-state index is 0.106. The number of aliphatic hydroxyl groups is 1. The number of hydrogen-bond acceptors (Lipinski definition) is 15. The van der Waals surface area contributed by atoms with Gasteiger partial charge in [-0.2, -0.15) is 0 Å². The number of carbonyl (C=O) groups excluding carboxylic acids is 4. The highest BCUT2D eigenvalue weighted by atomic mass is 31.2. The Kier molecular flexibility index (Phi) is 54.6. The van der Waals surface area contributed by atoms with E-state index in [0.29, 0.717) is 25.7 Å². The predicted molar refractivity (Wildman–Crippen MR) is 322 cm³/mol. The van der Waals surface area contributed by atoms with Crippen molar-refractivity contribution in [3.63, 3.8) is 0 Å². The molecule has 17 nitrogen and oxygen atoms in total. The van der Waals surface area contributed by atoms with E-state index < -0.39 is 97.5 Å². The van der Waals surface area contributed by atoms with Crippen LogP contribution in [0, 0.1) is 5.92 Å². The van der Waals surface area contributed by atoms with E-state index in [1.54, 1.807) is 0 Å². The zero-order valence-electron chi connectivity index (χ0n) is 51.9. The van der Waals surface area contributed by atoms with E-state index in [4.69, 9.17) is 37.0 Å². The third-order valence-electron chi connectivity index (χ3n) is 14.3. The smallest absolute Gasteiger partial charge is 0.462 e. The Morgan fingerprint density at radius 2 is 0.568 bits per heavy atom. The molecule has 480 valence electrons. The number of rotatable bonds is 62. The van der Waals surface area contributed by atoms with E-state index in [1.165, 1.54) is 135 Å². The van der Waals surface area contributed by atoms with Crippen LogP contribution >= 0.6 is 15.6 Å². The molecular formula is C62H120O17P2. The minimum Gasteiger partial charge on any atom is -0.462 e. The maximum absolute atomic E-state index is 12.9. The van der Waals surface area contributed by atoms with Crippen LogP contribution < -0.4 is 0 Å². The van der Waals surface area contributed by atoms with Crippen molar-refractivity contribution < 1.29 is 80.2 Å². The molecule has 0 heterocycles. The first-order valence-electron chi connectivity index (χ1n) is 32.6. The largest absolute Gasteiger partial charge is 0.472 e. The van der Waals surface area contributed by atoms with Crippen molar-refractivity contribution in [2.75, 3.05) is 39.6 Å². The van der Waals surface area contributed by atoms with E-state index in [2.05, 4.69) is 34.6 Å². The Morgan fingerprint density at radius 1 is 0.333 bits per heavy atom. The molecule has 0 bridgehead atoms. The molecule has 0 saturated heterocycles. The van der Waals surface area contributed by atoms with Crippen LogP contribution in [-0.2, 0) is 65.4 Å². The fourth-order valence-electron chi connectivity index (χ4n) is 9.23. The van der Waals surface area contributed by atoms with Crippen molar-refractivity contribution in [1.29, 1.82) is 0 Å². The van der Waals surface area contributed by atoms with Crippen LogP contribution in [0.2, 0.25) is 0 Å². The van der Waals surface area contributed by atoms with E-state index in [0.717, 1.165) is 95.8 Å². The Hall–Kier alpha value is -1.94. The van der Waals surface area contributed by atoms with Gasteiger partial charge >= 0.3 is 39.5 Å². The number of unbranched alkanes of at least 4 members (excludes halogenated alkanes) is 34. The van der Waals surface area contributed by atoms with Gasteiger partial charge in [0.15, 0.2) is 12.2 Å². The number of esters is 4. The molecule has 0 aromatic carbocycles. The summed E-state index contributed by atoms with van der Waals surface area (Å²) in [7, 11) is -9.88. The minimum atomic E-state index is -4.94. The molecule has 0 amide bonds. The molecule has 5 atom stereocenters. The molecule has 0 aromatic heterocycles. The molecular weight excluding hydrogens is 1080 g/mol. The normalized spacial score (nSPS) is 14.3. The SMILES string of the molecule is CCCCCCCCCCCCCCC(=O)O[C@H](COC(=O)CCCCCCCCCCC(C)C)COP(=O)(O)OC[C@@H](O)COP(=O)(O)OC[C@@H](COC(=O)CCCCCCCCCCC)OC(=O)CCCCCCCCCCC. The van der Waals surface area contributed by atoms with Gasteiger partial charge in [0.2, 0.25) is 0 Å². The second-order valence-electron chi connectivity index (χ2n) is 22.9. The van der Waals surface area contributed by atoms with Crippen LogP contribution in [0.4, 0.5) is 0 Å². The highest BCUT2D eigenvalue weighted by Gasteiger charge is 2.30. The number of hydrogen-bond donors (Lipinski definition) is 3. The van der Waals surface area contributed by atoms with Crippen LogP contribution in [0.3, 0.4) is 0 Å². The lowest BCUT2D eigenvalue weighted by atomic mass is 10.0. The van der Waals surface area contributed by atoms with Gasteiger partial charge in [-0.15, -0.1) is 0 Å². The van der Waals surface area contributed by atoms with Crippen LogP contribution in [0.15, 0.2) is 0 Å². The standard InChI is InChI=1S/C62H120O17P2/c1-6-9-12-15-18-21-22-23-26-33-38-43-48-62(67)79-58(52-73-60(65)46-41-36-31-28-27-29-34-39-44-55(4)5)54-77-81(70,71)75-50-56(63)49-74-80(68,69)76-53-57(78-61(66)47-42-37-32-25-20-17-14-11-8-3)51-72-59(64)45-40-35-30-24-19-16-13-10-7-2/h55-58,63H,6-54H2,1-5H3,(H,68,69)(H,70,71)/t56-,57+,58+/m0/s1. The number of aliphatic hydroxyl groups excluding tert-OH is 1. The molecule has 19 heteroatoms.